The Hall–Kier alpha value is -0.960. The summed E-state index contributed by atoms with van der Waals surface area (Å²) in [4.78, 5) is 26.8. The fourth-order valence-corrected chi connectivity index (χ4v) is 1.88. The van der Waals surface area contributed by atoms with Crippen LogP contribution in [0.25, 0.3) is 0 Å². The van der Waals surface area contributed by atoms with Gasteiger partial charge >= 0.3 is 0 Å². The van der Waals surface area contributed by atoms with Gasteiger partial charge in [0.1, 0.15) is 6.04 Å². The number of Topliss-reactive ketones (excluding diaryl/α,β-unsaturated/α-hetero) is 2. The molecule has 0 aromatic heterocycles. The van der Waals surface area contributed by atoms with Crippen molar-refractivity contribution >= 4 is 11.6 Å². The minimum atomic E-state index is -0.611. The highest BCUT2D eigenvalue weighted by Crippen LogP contribution is 2.17. The molecule has 0 aromatic carbocycles. The first-order valence-electron chi connectivity index (χ1n) is 7.14. The zero-order valence-corrected chi connectivity index (χ0v) is 13.4. The first-order chi connectivity index (χ1) is 8.73. The third kappa shape index (κ3) is 5.27. The van der Waals surface area contributed by atoms with E-state index in [0.29, 0.717) is 6.42 Å². The van der Waals surface area contributed by atoms with Crippen molar-refractivity contribution < 1.29 is 9.59 Å². The lowest BCUT2D eigenvalue weighted by molar-refractivity contribution is -0.138. The van der Waals surface area contributed by atoms with Gasteiger partial charge in [-0.3, -0.25) is 14.5 Å². The molecule has 3 nitrogen and oxygen atoms in total. The van der Waals surface area contributed by atoms with E-state index in [9.17, 15) is 9.59 Å². The van der Waals surface area contributed by atoms with Crippen LogP contribution in [-0.4, -0.2) is 35.6 Å². The van der Waals surface area contributed by atoms with E-state index in [1.165, 1.54) is 0 Å². The molecule has 19 heavy (non-hydrogen) atoms. The number of likely N-dealkylation sites (N-methyl/N-ethyl adjacent to an activating group) is 1. The standard InChI is InChI=1S/C16H29NO2/c1-8-9-10-13(6)16(19)14(15(18)11(2)3)17(7)12(4)5/h8-9,11-14H,10H2,1-7H3/b9-8+/t13-,14-/m1/s1. The highest BCUT2D eigenvalue weighted by atomic mass is 16.2. The Morgan fingerprint density at radius 2 is 1.58 bits per heavy atom. The molecule has 0 aromatic rings. The molecule has 0 amide bonds. The van der Waals surface area contributed by atoms with Gasteiger partial charge in [-0.1, -0.05) is 32.9 Å². The Morgan fingerprint density at radius 1 is 1.05 bits per heavy atom. The first-order valence-corrected chi connectivity index (χ1v) is 7.14. The van der Waals surface area contributed by atoms with Crippen molar-refractivity contribution in [2.45, 2.75) is 60.0 Å². The van der Waals surface area contributed by atoms with Gasteiger partial charge in [-0.15, -0.1) is 0 Å². The second-order valence-electron chi connectivity index (χ2n) is 5.83. The summed E-state index contributed by atoms with van der Waals surface area (Å²) < 4.78 is 0. The molecule has 0 saturated carbocycles. The molecule has 110 valence electrons. The molecule has 0 rings (SSSR count). The Morgan fingerprint density at radius 3 is 1.95 bits per heavy atom. The predicted octanol–water partition coefficient (Wildman–Crippen LogP) is 3.09. The second kappa shape index (κ2) is 8.26. The largest absolute Gasteiger partial charge is 0.297 e. The van der Waals surface area contributed by atoms with E-state index in [2.05, 4.69) is 0 Å². The second-order valence-corrected chi connectivity index (χ2v) is 5.83. The molecule has 0 aliphatic carbocycles. The fourth-order valence-electron chi connectivity index (χ4n) is 1.88. The molecule has 0 fully saturated rings. The summed E-state index contributed by atoms with van der Waals surface area (Å²) in [6.07, 6.45) is 4.62. The van der Waals surface area contributed by atoms with Gasteiger partial charge in [0.15, 0.2) is 11.6 Å². The zero-order valence-electron chi connectivity index (χ0n) is 13.4. The maximum atomic E-state index is 12.5. The van der Waals surface area contributed by atoms with Crippen LogP contribution in [0.5, 0.6) is 0 Å². The molecule has 0 aliphatic heterocycles. The van der Waals surface area contributed by atoms with Crippen LogP contribution >= 0.6 is 0 Å². The van der Waals surface area contributed by atoms with E-state index in [-0.39, 0.29) is 29.4 Å². The minimum absolute atomic E-state index is 0.0218. The Kier molecular flexibility index (Phi) is 7.84. The molecule has 0 bridgehead atoms. The average Bonchev–Trinajstić information content (AvgIpc) is 2.35. The van der Waals surface area contributed by atoms with E-state index in [4.69, 9.17) is 0 Å². The third-order valence-electron chi connectivity index (χ3n) is 3.54. The van der Waals surface area contributed by atoms with Crippen molar-refractivity contribution in [1.82, 2.24) is 4.90 Å². The fraction of sp³-hybridized carbons (Fsp3) is 0.750. The molecule has 0 aliphatic rings. The summed E-state index contributed by atoms with van der Waals surface area (Å²) in [5.74, 6) is -0.185. The minimum Gasteiger partial charge on any atom is -0.297 e. The van der Waals surface area contributed by atoms with Gasteiger partial charge in [-0.2, -0.15) is 0 Å². The van der Waals surface area contributed by atoms with Gasteiger partial charge in [0, 0.05) is 17.9 Å². The van der Waals surface area contributed by atoms with Crippen LogP contribution < -0.4 is 0 Å². The summed E-state index contributed by atoms with van der Waals surface area (Å²) in [6.45, 7) is 11.6. The number of carbonyl (C=O) groups excluding carboxylic acids is 2. The molecule has 0 heterocycles. The lowest BCUT2D eigenvalue weighted by Gasteiger charge is -2.31. The van der Waals surface area contributed by atoms with Gasteiger partial charge < -0.3 is 0 Å². The molecule has 2 atom stereocenters. The van der Waals surface area contributed by atoms with Crippen molar-refractivity contribution in [2.24, 2.45) is 11.8 Å². The van der Waals surface area contributed by atoms with Crippen molar-refractivity contribution in [3.8, 4) is 0 Å². The highest BCUT2D eigenvalue weighted by Gasteiger charge is 2.35. The average molecular weight is 267 g/mol. The van der Waals surface area contributed by atoms with Crippen molar-refractivity contribution in [3.05, 3.63) is 12.2 Å². The summed E-state index contributed by atoms with van der Waals surface area (Å²) in [7, 11) is 1.86. The SMILES string of the molecule is C/C=C/C[C@@H](C)C(=O)[C@@H](C(=O)C(C)C)N(C)C(C)C. The van der Waals surface area contributed by atoms with Crippen LogP contribution in [0.15, 0.2) is 12.2 Å². The smallest absolute Gasteiger partial charge is 0.160 e. The monoisotopic (exact) mass is 267 g/mol. The van der Waals surface area contributed by atoms with E-state index < -0.39 is 6.04 Å². The lowest BCUT2D eigenvalue weighted by Crippen LogP contribution is -2.50. The van der Waals surface area contributed by atoms with E-state index in [1.54, 1.807) is 0 Å². The topological polar surface area (TPSA) is 37.4 Å². The van der Waals surface area contributed by atoms with Crippen LogP contribution in [0.3, 0.4) is 0 Å². The lowest BCUT2D eigenvalue weighted by atomic mass is 9.89. The molecule has 0 spiro atoms. The van der Waals surface area contributed by atoms with Crippen LogP contribution in [-0.2, 0) is 9.59 Å². The first kappa shape index (κ1) is 18.0. The van der Waals surface area contributed by atoms with Gasteiger partial charge in [-0.25, -0.2) is 0 Å². The van der Waals surface area contributed by atoms with Crippen molar-refractivity contribution in [3.63, 3.8) is 0 Å². The van der Waals surface area contributed by atoms with Crippen molar-refractivity contribution in [1.29, 1.82) is 0 Å². The molecular weight excluding hydrogens is 238 g/mol. The predicted molar refractivity (Wildman–Crippen MR) is 80.1 cm³/mol. The van der Waals surface area contributed by atoms with Crippen LogP contribution in [0.4, 0.5) is 0 Å². The number of rotatable bonds is 8. The Bertz CT molecular complexity index is 332. The summed E-state index contributed by atoms with van der Waals surface area (Å²) in [6, 6.07) is -0.439. The normalized spacial score (nSPS) is 15.5. The van der Waals surface area contributed by atoms with E-state index in [0.717, 1.165) is 0 Å². The quantitative estimate of drug-likeness (QED) is 0.501. The Balaban J connectivity index is 5.13. The van der Waals surface area contributed by atoms with E-state index >= 15 is 0 Å². The summed E-state index contributed by atoms with van der Waals surface area (Å²) in [5, 5.41) is 0. The van der Waals surface area contributed by atoms with Crippen molar-refractivity contribution in [2.75, 3.05) is 7.05 Å². The van der Waals surface area contributed by atoms with Gasteiger partial charge in [0.2, 0.25) is 0 Å². The van der Waals surface area contributed by atoms with Gasteiger partial charge in [0.05, 0.1) is 0 Å². The molecule has 0 unspecified atom stereocenters. The highest BCUT2D eigenvalue weighted by molar-refractivity contribution is 6.07. The van der Waals surface area contributed by atoms with E-state index in [1.807, 2.05) is 65.6 Å². The molecule has 0 N–H and O–H groups in total. The number of carbonyl (C=O) groups is 2. The number of hydrogen-bond donors (Lipinski definition) is 0. The number of allylic oxidation sites excluding steroid dienone is 2. The van der Waals surface area contributed by atoms with Crippen LogP contribution in [0.1, 0.15) is 48.0 Å². The van der Waals surface area contributed by atoms with Gasteiger partial charge in [-0.05, 0) is 34.2 Å². The Labute approximate surface area is 118 Å². The summed E-state index contributed by atoms with van der Waals surface area (Å²) >= 11 is 0. The maximum Gasteiger partial charge on any atom is 0.160 e. The molecule has 0 saturated heterocycles. The summed E-state index contributed by atoms with van der Waals surface area (Å²) in [5.41, 5.74) is 0. The van der Waals surface area contributed by atoms with Crippen LogP contribution in [0, 0.1) is 11.8 Å². The van der Waals surface area contributed by atoms with Crippen LogP contribution in [0.2, 0.25) is 0 Å². The number of ketones is 2. The third-order valence-corrected chi connectivity index (χ3v) is 3.54. The zero-order chi connectivity index (χ0) is 15.2. The maximum absolute atomic E-state index is 12.5. The molecule has 3 heteroatoms. The number of hydrogen-bond acceptors (Lipinski definition) is 3. The molecular formula is C16H29NO2. The van der Waals surface area contributed by atoms with Gasteiger partial charge in [0.25, 0.3) is 0 Å². The molecule has 0 radical (unpaired) electrons. The number of nitrogens with zero attached hydrogens (tertiary/aromatic N) is 1.